The van der Waals surface area contributed by atoms with Gasteiger partial charge in [-0.2, -0.15) is 0 Å². The van der Waals surface area contributed by atoms with Gasteiger partial charge >= 0.3 is 0 Å². The molecular formula is C24H24P+. The van der Waals surface area contributed by atoms with E-state index in [1.165, 1.54) is 32.9 Å². The van der Waals surface area contributed by atoms with E-state index in [9.17, 15) is 0 Å². The predicted molar refractivity (Wildman–Crippen MR) is 113 cm³/mol. The maximum Gasteiger partial charge on any atom is 0.123 e. The van der Waals surface area contributed by atoms with Crippen LogP contribution in [0.25, 0.3) is 6.08 Å². The van der Waals surface area contributed by atoms with Crippen LogP contribution in [-0.2, 0) is 0 Å². The van der Waals surface area contributed by atoms with Gasteiger partial charge in [-0.05, 0) is 60.9 Å². The highest BCUT2D eigenvalue weighted by molar-refractivity contribution is 7.89. The van der Waals surface area contributed by atoms with Gasteiger partial charge in [0.25, 0.3) is 0 Å². The predicted octanol–water partition coefficient (Wildman–Crippen LogP) is 5.67. The summed E-state index contributed by atoms with van der Waals surface area (Å²) in [5, 5.41) is 2.95. The first kappa shape index (κ1) is 16.3. The number of hydrogen-bond acceptors (Lipinski definition) is 0. The van der Waals surface area contributed by atoms with Gasteiger partial charge in [-0.25, -0.2) is 0 Å². The Bertz CT molecular complexity index is 884. The molecule has 0 radical (unpaired) electrons. The highest BCUT2D eigenvalue weighted by Crippen LogP contribution is 2.67. The first-order valence-corrected chi connectivity index (χ1v) is 11.2. The van der Waals surface area contributed by atoms with E-state index in [0.29, 0.717) is 5.66 Å². The lowest BCUT2D eigenvalue weighted by molar-refractivity contribution is 1.17. The molecule has 1 unspecified atom stereocenters. The summed E-state index contributed by atoms with van der Waals surface area (Å²) in [6.07, 6.45) is 4.81. The average Bonchev–Trinajstić information content (AvgIpc) is 3.12. The molecule has 0 N–H and O–H groups in total. The number of hydrogen-bond donors (Lipinski definition) is 0. The van der Waals surface area contributed by atoms with Crippen molar-refractivity contribution in [1.82, 2.24) is 0 Å². The Morgan fingerprint density at radius 1 is 0.680 bits per heavy atom. The van der Waals surface area contributed by atoms with Crippen molar-refractivity contribution in [2.24, 2.45) is 0 Å². The molecule has 0 spiro atoms. The van der Waals surface area contributed by atoms with E-state index in [0.717, 1.165) is 0 Å². The number of aryl methyl sites for hydroxylation is 2. The van der Waals surface area contributed by atoms with Crippen molar-refractivity contribution in [3.63, 3.8) is 0 Å². The molecule has 0 saturated carbocycles. The molecule has 1 aliphatic carbocycles. The summed E-state index contributed by atoms with van der Waals surface area (Å²) in [5.74, 6) is 0. The number of rotatable bonds is 3. The monoisotopic (exact) mass is 343 g/mol. The minimum Gasteiger partial charge on any atom is -0.0620 e. The molecule has 0 fully saturated rings. The summed E-state index contributed by atoms with van der Waals surface area (Å²) in [7, 11) is -1.59. The quantitative estimate of drug-likeness (QED) is 0.538. The van der Waals surface area contributed by atoms with Crippen LogP contribution in [0.2, 0.25) is 0 Å². The number of benzene rings is 3. The molecule has 1 atom stereocenters. The van der Waals surface area contributed by atoms with E-state index >= 15 is 0 Å². The molecule has 0 nitrogen and oxygen atoms in total. The van der Waals surface area contributed by atoms with Crippen LogP contribution < -0.4 is 10.6 Å². The zero-order chi connectivity index (χ0) is 17.4. The normalized spacial score (nSPS) is 16.0. The molecule has 4 rings (SSSR count). The molecule has 25 heavy (non-hydrogen) atoms. The molecule has 1 aliphatic rings. The van der Waals surface area contributed by atoms with Crippen LogP contribution >= 0.6 is 7.26 Å². The smallest absolute Gasteiger partial charge is 0.0620 e. The first-order valence-electron chi connectivity index (χ1n) is 8.88. The molecular weight excluding hydrogens is 319 g/mol. The van der Waals surface area contributed by atoms with Crippen LogP contribution in [0.5, 0.6) is 0 Å². The topological polar surface area (TPSA) is 0 Å². The fraction of sp³-hybridized carbons (Fsp3) is 0.167. The van der Waals surface area contributed by atoms with Crippen LogP contribution in [-0.4, -0.2) is 6.66 Å². The van der Waals surface area contributed by atoms with Crippen molar-refractivity contribution >= 4 is 23.9 Å². The van der Waals surface area contributed by atoms with Gasteiger partial charge in [-0.3, -0.25) is 0 Å². The minimum absolute atomic E-state index is 0.451. The van der Waals surface area contributed by atoms with Crippen molar-refractivity contribution in [3.05, 3.63) is 101 Å². The summed E-state index contributed by atoms with van der Waals surface area (Å²) >= 11 is 0. The fourth-order valence-electron chi connectivity index (χ4n) is 4.13. The second-order valence-electron chi connectivity index (χ2n) is 7.08. The second kappa shape index (κ2) is 6.28. The first-order chi connectivity index (χ1) is 12.1. The lowest BCUT2D eigenvalue weighted by Crippen LogP contribution is -2.25. The Morgan fingerprint density at radius 2 is 1.20 bits per heavy atom. The highest BCUT2D eigenvalue weighted by atomic mass is 31.2. The Hall–Kier alpha value is -2.17. The molecule has 0 heterocycles. The van der Waals surface area contributed by atoms with Crippen LogP contribution in [0.4, 0.5) is 0 Å². The van der Waals surface area contributed by atoms with Gasteiger partial charge in [0.2, 0.25) is 0 Å². The van der Waals surface area contributed by atoms with Crippen molar-refractivity contribution < 1.29 is 0 Å². The maximum atomic E-state index is 2.50. The van der Waals surface area contributed by atoms with Gasteiger partial charge in [0.15, 0.2) is 0 Å². The van der Waals surface area contributed by atoms with Gasteiger partial charge in [-0.15, -0.1) is 0 Å². The van der Waals surface area contributed by atoms with Crippen molar-refractivity contribution in [1.29, 1.82) is 0 Å². The zero-order valence-electron chi connectivity index (χ0n) is 15.1. The molecule has 0 aliphatic heterocycles. The van der Waals surface area contributed by atoms with Crippen LogP contribution in [0.3, 0.4) is 0 Å². The minimum atomic E-state index is -1.59. The van der Waals surface area contributed by atoms with Gasteiger partial charge in [0, 0.05) is 5.56 Å². The van der Waals surface area contributed by atoms with Crippen molar-refractivity contribution in [2.75, 3.05) is 6.66 Å². The van der Waals surface area contributed by atoms with E-state index < -0.39 is 7.26 Å². The molecule has 3 aromatic rings. The van der Waals surface area contributed by atoms with Crippen LogP contribution in [0.15, 0.2) is 78.9 Å². The Balaban J connectivity index is 1.97. The molecule has 0 aromatic heterocycles. The summed E-state index contributed by atoms with van der Waals surface area (Å²) in [4.78, 5) is 0. The lowest BCUT2D eigenvalue weighted by Gasteiger charge is -2.30. The number of allylic oxidation sites excluding steroid dienone is 1. The standard InChI is InChI=1S/C24H24P/c1-18-14-15-19(2)24-22(18)16-17-23(24)25(3,20-10-6-4-7-11-20)21-12-8-5-9-13-21/h4-17,23H,1-3H3/q+1. The van der Waals surface area contributed by atoms with Crippen molar-refractivity contribution in [3.8, 4) is 0 Å². The Kier molecular flexibility index (Phi) is 4.10. The molecule has 0 amide bonds. The zero-order valence-corrected chi connectivity index (χ0v) is 16.0. The largest absolute Gasteiger partial charge is 0.123 e. The van der Waals surface area contributed by atoms with E-state index in [-0.39, 0.29) is 0 Å². The second-order valence-corrected chi connectivity index (χ2v) is 10.8. The highest BCUT2D eigenvalue weighted by Gasteiger charge is 2.48. The van der Waals surface area contributed by atoms with E-state index in [1.807, 2.05) is 0 Å². The van der Waals surface area contributed by atoms with Crippen LogP contribution in [0.1, 0.15) is 27.9 Å². The van der Waals surface area contributed by atoms with Crippen molar-refractivity contribution in [2.45, 2.75) is 19.5 Å². The van der Waals surface area contributed by atoms with Gasteiger partial charge in [0.1, 0.15) is 5.66 Å². The maximum absolute atomic E-state index is 2.50. The third kappa shape index (κ3) is 2.57. The van der Waals surface area contributed by atoms with Crippen LogP contribution in [0, 0.1) is 13.8 Å². The fourth-order valence-corrected chi connectivity index (χ4v) is 7.94. The summed E-state index contributed by atoms with van der Waals surface area (Å²) in [6, 6.07) is 26.8. The van der Waals surface area contributed by atoms with Gasteiger partial charge in [0.05, 0.1) is 24.5 Å². The van der Waals surface area contributed by atoms with E-state index in [1.54, 1.807) is 0 Å². The Labute approximate surface area is 151 Å². The third-order valence-electron chi connectivity index (χ3n) is 5.61. The average molecular weight is 343 g/mol. The van der Waals surface area contributed by atoms with E-state index in [4.69, 9.17) is 0 Å². The number of fused-ring (bicyclic) bond motifs is 1. The third-order valence-corrected chi connectivity index (χ3v) is 9.89. The van der Waals surface area contributed by atoms with Gasteiger partial charge in [-0.1, -0.05) is 54.6 Å². The molecule has 1 heteroatoms. The molecule has 124 valence electrons. The molecule has 0 bridgehead atoms. The Morgan fingerprint density at radius 3 is 1.76 bits per heavy atom. The molecule has 0 saturated heterocycles. The lowest BCUT2D eigenvalue weighted by atomic mass is 9.99. The summed E-state index contributed by atoms with van der Waals surface area (Å²) in [6.45, 7) is 6.99. The summed E-state index contributed by atoms with van der Waals surface area (Å²) in [5.41, 5.74) is 6.21. The SMILES string of the molecule is Cc1ccc(C)c2c1C=CC2[P+](C)(c1ccccc1)c1ccccc1. The van der Waals surface area contributed by atoms with Gasteiger partial charge < -0.3 is 0 Å². The summed E-state index contributed by atoms with van der Waals surface area (Å²) < 4.78 is 0. The van der Waals surface area contributed by atoms with E-state index in [2.05, 4.69) is 105 Å². The molecule has 3 aromatic carbocycles.